The minimum absolute atomic E-state index is 0.0714. The molecule has 2 aromatic carbocycles. The molecular weight excluding hydrogens is 414 g/mol. The maximum absolute atomic E-state index is 12.6. The van der Waals surface area contributed by atoms with Crippen molar-refractivity contribution in [1.29, 1.82) is 0 Å². The van der Waals surface area contributed by atoms with Gasteiger partial charge in [0, 0.05) is 6.08 Å². The van der Waals surface area contributed by atoms with E-state index in [4.69, 9.17) is 9.47 Å². The molecule has 0 heterocycles. The van der Waals surface area contributed by atoms with E-state index >= 15 is 0 Å². The van der Waals surface area contributed by atoms with Crippen molar-refractivity contribution in [1.82, 2.24) is 4.72 Å². The van der Waals surface area contributed by atoms with Crippen LogP contribution in [0.25, 0.3) is 6.08 Å². The summed E-state index contributed by atoms with van der Waals surface area (Å²) in [6.07, 6.45) is 4.70. The van der Waals surface area contributed by atoms with Crippen molar-refractivity contribution >= 4 is 22.0 Å². The van der Waals surface area contributed by atoms with Gasteiger partial charge in [0.1, 0.15) is 0 Å². The van der Waals surface area contributed by atoms with Crippen LogP contribution in [0.4, 0.5) is 0 Å². The molecule has 0 unspecified atom stereocenters. The van der Waals surface area contributed by atoms with Gasteiger partial charge in [-0.15, -0.1) is 0 Å². The van der Waals surface area contributed by atoms with E-state index < -0.39 is 15.9 Å². The number of rotatable bonds is 10. The normalized spacial score (nSPS) is 11.5. The number of ether oxygens (including phenoxy) is 2. The number of hydrogen-bond acceptors (Lipinski definition) is 5. The van der Waals surface area contributed by atoms with Gasteiger partial charge in [0.15, 0.2) is 11.5 Å². The first-order valence-corrected chi connectivity index (χ1v) is 11.9. The molecule has 0 spiro atoms. The summed E-state index contributed by atoms with van der Waals surface area (Å²) >= 11 is 0. The number of aryl methyl sites for hydroxylation is 2. The number of carbonyl (C=O) groups excluding carboxylic acids is 1. The lowest BCUT2D eigenvalue weighted by Crippen LogP contribution is -2.29. The summed E-state index contributed by atoms with van der Waals surface area (Å²) in [6, 6.07) is 8.46. The molecule has 0 fully saturated rings. The summed E-state index contributed by atoms with van der Waals surface area (Å²) in [5.74, 6) is 0.501. The molecule has 1 amide bonds. The van der Waals surface area contributed by atoms with Gasteiger partial charge in [-0.3, -0.25) is 4.79 Å². The van der Waals surface area contributed by atoms with E-state index in [0.717, 1.165) is 29.5 Å². The second-order valence-corrected chi connectivity index (χ2v) is 9.01. The molecule has 0 bridgehead atoms. The Morgan fingerprint density at radius 3 is 2.29 bits per heavy atom. The van der Waals surface area contributed by atoms with Gasteiger partial charge in [-0.2, -0.15) is 0 Å². The molecule has 2 aromatic rings. The topological polar surface area (TPSA) is 81.7 Å². The molecule has 0 aliphatic rings. The van der Waals surface area contributed by atoms with Crippen molar-refractivity contribution < 1.29 is 22.7 Å². The number of carbonyl (C=O) groups is 1. The zero-order chi connectivity index (χ0) is 23.0. The van der Waals surface area contributed by atoms with Crippen LogP contribution in [0.3, 0.4) is 0 Å². The quantitative estimate of drug-likeness (QED) is 0.423. The number of benzene rings is 2. The molecule has 7 heteroatoms. The van der Waals surface area contributed by atoms with Crippen LogP contribution in [0.1, 0.15) is 48.9 Å². The lowest BCUT2D eigenvalue weighted by atomic mass is 10.1. The highest BCUT2D eigenvalue weighted by Gasteiger charge is 2.18. The molecule has 1 N–H and O–H groups in total. The Morgan fingerprint density at radius 2 is 1.68 bits per heavy atom. The molecule has 0 atom stereocenters. The Bertz CT molecular complexity index is 1030. The van der Waals surface area contributed by atoms with Gasteiger partial charge in [0.05, 0.1) is 18.1 Å². The molecule has 168 valence electrons. The van der Waals surface area contributed by atoms with Crippen molar-refractivity contribution in [2.45, 2.75) is 52.4 Å². The third-order valence-electron chi connectivity index (χ3n) is 4.90. The van der Waals surface area contributed by atoms with Crippen LogP contribution in [0.15, 0.2) is 41.3 Å². The minimum atomic E-state index is -3.96. The molecule has 2 rings (SSSR count). The molecule has 0 aliphatic heterocycles. The van der Waals surface area contributed by atoms with Crippen molar-refractivity contribution in [3.05, 3.63) is 58.7 Å². The number of unbranched alkanes of at least 4 members (excludes halogenated alkanes) is 1. The zero-order valence-electron chi connectivity index (χ0n) is 18.8. The van der Waals surface area contributed by atoms with E-state index in [2.05, 4.69) is 11.6 Å². The van der Waals surface area contributed by atoms with Crippen LogP contribution >= 0.6 is 0 Å². The number of amides is 1. The number of nitrogens with one attached hydrogen (secondary N) is 1. The largest absolute Gasteiger partial charge is 0.490 e. The maximum Gasteiger partial charge on any atom is 0.264 e. The lowest BCUT2D eigenvalue weighted by molar-refractivity contribution is -0.114. The van der Waals surface area contributed by atoms with Gasteiger partial charge >= 0.3 is 0 Å². The predicted molar refractivity (Wildman–Crippen MR) is 123 cm³/mol. The SMILES string of the molecule is CCCCOc1ccc(C=CC(=O)NS(=O)(=O)c2cc(C)c(C)c(C)c2)cc1OCC. The van der Waals surface area contributed by atoms with E-state index in [0.29, 0.717) is 30.3 Å². The fraction of sp³-hybridized carbons (Fsp3) is 0.375. The fourth-order valence-electron chi connectivity index (χ4n) is 2.89. The van der Waals surface area contributed by atoms with Gasteiger partial charge in [0.25, 0.3) is 15.9 Å². The van der Waals surface area contributed by atoms with Gasteiger partial charge in [-0.25, -0.2) is 13.1 Å². The Balaban J connectivity index is 2.14. The number of hydrogen-bond donors (Lipinski definition) is 1. The fourth-order valence-corrected chi connectivity index (χ4v) is 4.01. The Hall–Kier alpha value is -2.80. The highest BCUT2D eigenvalue weighted by atomic mass is 32.2. The number of sulfonamides is 1. The first-order valence-electron chi connectivity index (χ1n) is 10.4. The Labute approximate surface area is 185 Å². The van der Waals surface area contributed by atoms with E-state index in [1.54, 1.807) is 30.3 Å². The van der Waals surface area contributed by atoms with Crippen molar-refractivity contribution in [3.8, 4) is 11.5 Å². The van der Waals surface area contributed by atoms with Crippen LogP contribution < -0.4 is 14.2 Å². The Kier molecular flexibility index (Phi) is 8.68. The van der Waals surface area contributed by atoms with Gasteiger partial charge in [0.2, 0.25) is 0 Å². The highest BCUT2D eigenvalue weighted by Crippen LogP contribution is 2.29. The molecule has 0 saturated carbocycles. The van der Waals surface area contributed by atoms with Crippen molar-refractivity contribution in [3.63, 3.8) is 0 Å². The maximum atomic E-state index is 12.6. The first kappa shape index (κ1) is 24.5. The van der Waals surface area contributed by atoms with Gasteiger partial charge in [-0.05, 0) is 86.7 Å². The van der Waals surface area contributed by atoms with E-state index in [1.807, 2.05) is 27.7 Å². The van der Waals surface area contributed by atoms with E-state index in [-0.39, 0.29) is 4.90 Å². The average Bonchev–Trinajstić information content (AvgIpc) is 2.71. The van der Waals surface area contributed by atoms with Crippen LogP contribution in [-0.2, 0) is 14.8 Å². The molecular formula is C24H31NO5S. The second kappa shape index (κ2) is 11.0. The van der Waals surface area contributed by atoms with Gasteiger partial charge in [-0.1, -0.05) is 19.4 Å². The summed E-state index contributed by atoms with van der Waals surface area (Å²) in [6.45, 7) is 10.7. The van der Waals surface area contributed by atoms with Crippen molar-refractivity contribution in [2.75, 3.05) is 13.2 Å². The summed E-state index contributed by atoms with van der Waals surface area (Å²) < 4.78 is 38.6. The summed E-state index contributed by atoms with van der Waals surface area (Å²) in [5.41, 5.74) is 3.43. The minimum Gasteiger partial charge on any atom is -0.490 e. The lowest BCUT2D eigenvalue weighted by Gasteiger charge is -2.12. The predicted octanol–water partition coefficient (Wildman–Crippen LogP) is 4.71. The molecule has 0 aliphatic carbocycles. The van der Waals surface area contributed by atoms with Crippen LogP contribution in [0, 0.1) is 20.8 Å². The summed E-state index contributed by atoms with van der Waals surface area (Å²) in [7, 11) is -3.96. The van der Waals surface area contributed by atoms with E-state index in [1.165, 1.54) is 12.2 Å². The molecule has 31 heavy (non-hydrogen) atoms. The smallest absolute Gasteiger partial charge is 0.264 e. The standard InChI is InChI=1S/C24H31NO5S/c1-6-8-13-30-22-11-9-20(16-23(22)29-7-2)10-12-24(26)25-31(27,28)21-14-17(3)19(5)18(4)15-21/h9-12,14-16H,6-8,13H2,1-5H3,(H,25,26). The van der Waals surface area contributed by atoms with Crippen LogP contribution in [0.2, 0.25) is 0 Å². The summed E-state index contributed by atoms with van der Waals surface area (Å²) in [4.78, 5) is 12.3. The molecule has 0 saturated heterocycles. The average molecular weight is 446 g/mol. The first-order chi connectivity index (χ1) is 14.7. The monoisotopic (exact) mass is 445 g/mol. The third kappa shape index (κ3) is 6.85. The highest BCUT2D eigenvalue weighted by molar-refractivity contribution is 7.90. The third-order valence-corrected chi connectivity index (χ3v) is 6.22. The van der Waals surface area contributed by atoms with Crippen LogP contribution in [0.5, 0.6) is 11.5 Å². The van der Waals surface area contributed by atoms with E-state index in [9.17, 15) is 13.2 Å². The molecule has 0 radical (unpaired) electrons. The summed E-state index contributed by atoms with van der Waals surface area (Å²) in [5, 5.41) is 0. The molecule has 0 aromatic heterocycles. The molecule has 6 nitrogen and oxygen atoms in total. The Morgan fingerprint density at radius 1 is 1.00 bits per heavy atom. The van der Waals surface area contributed by atoms with Crippen LogP contribution in [-0.4, -0.2) is 27.5 Å². The van der Waals surface area contributed by atoms with Gasteiger partial charge < -0.3 is 9.47 Å². The van der Waals surface area contributed by atoms with Crippen molar-refractivity contribution in [2.24, 2.45) is 0 Å². The zero-order valence-corrected chi connectivity index (χ0v) is 19.6. The second-order valence-electron chi connectivity index (χ2n) is 7.33.